The SMILES string of the molecule is CS(=O)(=O)N(CC(F)(F)F)C1CCN(c2cccc(C(=O)O)n2)CC1. The van der Waals surface area contributed by atoms with Crippen molar-refractivity contribution in [1.29, 1.82) is 0 Å². The van der Waals surface area contributed by atoms with Gasteiger partial charge in [0.15, 0.2) is 5.69 Å². The van der Waals surface area contributed by atoms with Crippen LogP contribution >= 0.6 is 0 Å². The third kappa shape index (κ3) is 5.30. The van der Waals surface area contributed by atoms with E-state index >= 15 is 0 Å². The third-order valence-electron chi connectivity index (χ3n) is 3.91. The third-order valence-corrected chi connectivity index (χ3v) is 5.19. The molecule has 2 heterocycles. The van der Waals surface area contributed by atoms with Gasteiger partial charge in [-0.15, -0.1) is 0 Å². The van der Waals surface area contributed by atoms with Crippen LogP contribution in [0.25, 0.3) is 0 Å². The molecule has 0 radical (unpaired) electrons. The van der Waals surface area contributed by atoms with Gasteiger partial charge in [-0.05, 0) is 25.0 Å². The zero-order chi connectivity index (χ0) is 18.8. The Balaban J connectivity index is 2.09. The number of rotatable bonds is 5. The number of piperidine rings is 1. The molecular formula is C14H18F3N3O4S. The highest BCUT2D eigenvalue weighted by Crippen LogP contribution is 2.26. The molecule has 0 saturated carbocycles. The number of hydrogen-bond donors (Lipinski definition) is 1. The van der Waals surface area contributed by atoms with Gasteiger partial charge in [-0.2, -0.15) is 17.5 Å². The quantitative estimate of drug-likeness (QED) is 0.833. The fourth-order valence-corrected chi connectivity index (χ4v) is 3.93. The maximum Gasteiger partial charge on any atom is 0.402 e. The molecule has 11 heteroatoms. The molecule has 0 unspecified atom stereocenters. The van der Waals surface area contributed by atoms with Crippen molar-refractivity contribution in [2.24, 2.45) is 0 Å². The summed E-state index contributed by atoms with van der Waals surface area (Å²) in [6.07, 6.45) is -3.45. The predicted molar refractivity (Wildman–Crippen MR) is 84.0 cm³/mol. The van der Waals surface area contributed by atoms with Gasteiger partial charge in [0.1, 0.15) is 12.4 Å². The summed E-state index contributed by atoms with van der Waals surface area (Å²) in [7, 11) is -4.00. The summed E-state index contributed by atoms with van der Waals surface area (Å²) >= 11 is 0. The Hall–Kier alpha value is -1.88. The first-order valence-corrected chi connectivity index (χ1v) is 9.31. The molecule has 140 valence electrons. The molecule has 0 spiro atoms. The first-order valence-electron chi connectivity index (χ1n) is 7.46. The lowest BCUT2D eigenvalue weighted by atomic mass is 10.0. The highest BCUT2D eigenvalue weighted by Gasteiger charge is 2.39. The fraction of sp³-hybridized carbons (Fsp3) is 0.571. The average molecular weight is 381 g/mol. The smallest absolute Gasteiger partial charge is 0.402 e. The summed E-state index contributed by atoms with van der Waals surface area (Å²) in [5.74, 6) is -0.773. The second-order valence-corrected chi connectivity index (χ2v) is 7.76. The van der Waals surface area contributed by atoms with E-state index in [0.717, 1.165) is 6.26 Å². The molecule has 1 aliphatic rings. The molecule has 1 aromatic rings. The minimum atomic E-state index is -4.61. The summed E-state index contributed by atoms with van der Waals surface area (Å²) in [5.41, 5.74) is -0.130. The lowest BCUT2D eigenvalue weighted by Gasteiger charge is -2.38. The lowest BCUT2D eigenvalue weighted by molar-refractivity contribution is -0.139. The van der Waals surface area contributed by atoms with Crippen molar-refractivity contribution < 1.29 is 31.5 Å². The van der Waals surface area contributed by atoms with Crippen LogP contribution in [0.1, 0.15) is 23.3 Å². The van der Waals surface area contributed by atoms with Gasteiger partial charge in [0, 0.05) is 19.1 Å². The number of halogens is 3. The molecule has 0 aliphatic carbocycles. The standard InChI is InChI=1S/C14H18F3N3O4S/c1-25(23,24)20(9-14(15,16)17)10-5-7-19(8-6-10)12-4-2-3-11(18-12)13(21)22/h2-4,10H,5-9H2,1H3,(H,21,22). The second-order valence-electron chi connectivity index (χ2n) is 5.83. The number of aromatic nitrogens is 1. The monoisotopic (exact) mass is 381 g/mol. The van der Waals surface area contributed by atoms with E-state index in [-0.39, 0.29) is 31.6 Å². The Bertz CT molecular complexity index is 731. The Labute approximate surface area is 143 Å². The highest BCUT2D eigenvalue weighted by molar-refractivity contribution is 7.88. The van der Waals surface area contributed by atoms with Crippen LogP contribution in [0.5, 0.6) is 0 Å². The van der Waals surface area contributed by atoms with E-state index in [2.05, 4.69) is 4.98 Å². The summed E-state index contributed by atoms with van der Waals surface area (Å²) in [4.78, 5) is 16.7. The Morgan fingerprint density at radius 1 is 1.36 bits per heavy atom. The van der Waals surface area contributed by atoms with Crippen LogP contribution in [0, 0.1) is 0 Å². The number of hydrogen-bond acceptors (Lipinski definition) is 5. The molecule has 0 bridgehead atoms. The number of aromatic carboxylic acids is 1. The van der Waals surface area contributed by atoms with E-state index in [4.69, 9.17) is 5.11 Å². The number of carboxylic acids is 1. The number of nitrogens with zero attached hydrogens (tertiary/aromatic N) is 3. The normalized spacial score (nSPS) is 17.1. The molecular weight excluding hydrogens is 363 g/mol. The van der Waals surface area contributed by atoms with Crippen molar-refractivity contribution in [2.75, 3.05) is 30.8 Å². The number of pyridine rings is 1. The molecule has 1 N–H and O–H groups in total. The van der Waals surface area contributed by atoms with E-state index in [1.165, 1.54) is 12.1 Å². The topological polar surface area (TPSA) is 90.8 Å². The fourth-order valence-electron chi connectivity index (χ4n) is 2.80. The van der Waals surface area contributed by atoms with Gasteiger partial charge in [-0.25, -0.2) is 18.2 Å². The maximum absolute atomic E-state index is 12.7. The zero-order valence-corrected chi connectivity index (χ0v) is 14.2. The van der Waals surface area contributed by atoms with Crippen molar-refractivity contribution in [3.63, 3.8) is 0 Å². The first-order chi connectivity index (χ1) is 11.5. The largest absolute Gasteiger partial charge is 0.477 e. The van der Waals surface area contributed by atoms with Crippen LogP contribution in [-0.2, 0) is 10.0 Å². The number of carboxylic acid groups (broad SMARTS) is 1. The van der Waals surface area contributed by atoms with Crippen LogP contribution in [0.4, 0.5) is 19.0 Å². The van der Waals surface area contributed by atoms with Crippen LogP contribution in [0.3, 0.4) is 0 Å². The molecule has 1 saturated heterocycles. The average Bonchev–Trinajstić information content (AvgIpc) is 2.51. The number of sulfonamides is 1. The number of alkyl halides is 3. The molecule has 0 aromatic carbocycles. The molecule has 1 fully saturated rings. The van der Waals surface area contributed by atoms with E-state index in [1.54, 1.807) is 11.0 Å². The zero-order valence-electron chi connectivity index (χ0n) is 13.4. The minimum Gasteiger partial charge on any atom is -0.477 e. The van der Waals surface area contributed by atoms with Crippen molar-refractivity contribution in [3.8, 4) is 0 Å². The van der Waals surface area contributed by atoms with Gasteiger partial charge in [0.25, 0.3) is 0 Å². The van der Waals surface area contributed by atoms with Crippen molar-refractivity contribution in [1.82, 2.24) is 9.29 Å². The van der Waals surface area contributed by atoms with Gasteiger partial charge in [-0.3, -0.25) is 0 Å². The molecule has 1 aliphatic heterocycles. The van der Waals surface area contributed by atoms with Gasteiger partial charge in [0.2, 0.25) is 10.0 Å². The van der Waals surface area contributed by atoms with Gasteiger partial charge < -0.3 is 10.0 Å². The Morgan fingerprint density at radius 3 is 2.44 bits per heavy atom. The van der Waals surface area contributed by atoms with Crippen molar-refractivity contribution >= 4 is 21.8 Å². The van der Waals surface area contributed by atoms with E-state index in [0.29, 0.717) is 10.1 Å². The van der Waals surface area contributed by atoms with Crippen molar-refractivity contribution in [3.05, 3.63) is 23.9 Å². The second kappa shape index (κ2) is 7.16. The molecule has 7 nitrogen and oxygen atoms in total. The molecule has 2 rings (SSSR count). The van der Waals surface area contributed by atoms with Crippen LogP contribution in [0.2, 0.25) is 0 Å². The number of carbonyl (C=O) groups is 1. The lowest BCUT2D eigenvalue weighted by Crippen LogP contribution is -2.50. The Kier molecular flexibility index (Phi) is 5.57. The van der Waals surface area contributed by atoms with Crippen LogP contribution in [0.15, 0.2) is 18.2 Å². The Morgan fingerprint density at radius 2 is 1.96 bits per heavy atom. The molecule has 0 amide bonds. The highest BCUT2D eigenvalue weighted by atomic mass is 32.2. The summed E-state index contributed by atoms with van der Waals surface area (Å²) in [5, 5.41) is 8.96. The minimum absolute atomic E-state index is 0.130. The van der Waals surface area contributed by atoms with E-state index < -0.39 is 34.8 Å². The molecule has 0 atom stereocenters. The predicted octanol–water partition coefficient (Wildman–Crippen LogP) is 1.57. The van der Waals surface area contributed by atoms with Crippen molar-refractivity contribution in [2.45, 2.75) is 25.1 Å². The van der Waals surface area contributed by atoms with E-state index in [9.17, 15) is 26.4 Å². The molecule has 25 heavy (non-hydrogen) atoms. The van der Waals surface area contributed by atoms with Gasteiger partial charge >= 0.3 is 12.1 Å². The van der Waals surface area contributed by atoms with E-state index in [1.807, 2.05) is 0 Å². The van der Waals surface area contributed by atoms with Gasteiger partial charge in [-0.1, -0.05) is 6.07 Å². The van der Waals surface area contributed by atoms with Gasteiger partial charge in [0.05, 0.1) is 6.26 Å². The molecule has 1 aromatic heterocycles. The van der Waals surface area contributed by atoms with Crippen LogP contribution in [-0.4, -0.2) is 66.9 Å². The first kappa shape index (κ1) is 19.4. The maximum atomic E-state index is 12.7. The summed E-state index contributed by atoms with van der Waals surface area (Å²) < 4.78 is 61.9. The van der Waals surface area contributed by atoms with Crippen LogP contribution < -0.4 is 4.90 Å². The summed E-state index contributed by atoms with van der Waals surface area (Å²) in [6, 6.07) is 3.73. The number of anilines is 1. The summed E-state index contributed by atoms with van der Waals surface area (Å²) in [6.45, 7) is -0.946.